The van der Waals surface area contributed by atoms with Crippen molar-refractivity contribution in [2.45, 2.75) is 6.92 Å². The van der Waals surface area contributed by atoms with Crippen molar-refractivity contribution in [2.75, 3.05) is 0 Å². The van der Waals surface area contributed by atoms with Gasteiger partial charge in [0.15, 0.2) is 0 Å². The van der Waals surface area contributed by atoms with Crippen LogP contribution in [0.4, 0.5) is 0 Å². The lowest BCUT2D eigenvalue weighted by Gasteiger charge is -2.03. The Morgan fingerprint density at radius 1 is 1.41 bits per heavy atom. The number of hydrogen-bond acceptors (Lipinski definition) is 4. The molecule has 0 amide bonds. The van der Waals surface area contributed by atoms with Gasteiger partial charge in [-0.3, -0.25) is 9.48 Å². The van der Waals surface area contributed by atoms with Crippen molar-refractivity contribution in [1.29, 1.82) is 0 Å². The van der Waals surface area contributed by atoms with Crippen LogP contribution in [0.5, 0.6) is 0 Å². The highest BCUT2D eigenvalue weighted by Crippen LogP contribution is 2.09. The van der Waals surface area contributed by atoms with Crippen molar-refractivity contribution >= 4 is 5.97 Å². The van der Waals surface area contributed by atoms with Crippen molar-refractivity contribution < 1.29 is 9.90 Å². The first kappa shape index (κ1) is 11.1. The van der Waals surface area contributed by atoms with Crippen molar-refractivity contribution in [3.63, 3.8) is 0 Å². The van der Waals surface area contributed by atoms with Gasteiger partial charge in [0.25, 0.3) is 0 Å². The number of aromatic nitrogens is 4. The van der Waals surface area contributed by atoms with Crippen molar-refractivity contribution in [3.8, 4) is 5.69 Å². The summed E-state index contributed by atoms with van der Waals surface area (Å²) in [6, 6.07) is 1.17. The van der Waals surface area contributed by atoms with Gasteiger partial charge >= 0.3 is 5.97 Å². The molecule has 0 saturated heterocycles. The second-order valence-corrected chi connectivity index (χ2v) is 3.55. The molecule has 0 fully saturated rings. The molecule has 0 aliphatic carbocycles. The number of aromatic carboxylic acids is 1. The molecular weight excluding hydrogens is 224 g/mol. The Morgan fingerprint density at radius 2 is 2.12 bits per heavy atom. The van der Waals surface area contributed by atoms with Gasteiger partial charge in [0, 0.05) is 19.3 Å². The highest BCUT2D eigenvalue weighted by atomic mass is 16.4. The van der Waals surface area contributed by atoms with E-state index >= 15 is 0 Å². The zero-order valence-corrected chi connectivity index (χ0v) is 9.28. The average molecular weight is 234 g/mol. The maximum Gasteiger partial charge on any atom is 0.360 e. The highest BCUT2D eigenvalue weighted by Gasteiger charge is 2.13. The summed E-state index contributed by atoms with van der Waals surface area (Å²) >= 11 is 0. The molecule has 0 saturated carbocycles. The lowest BCUT2D eigenvalue weighted by Crippen LogP contribution is -2.20. The molecule has 1 N–H and O–H groups in total. The molecule has 2 heterocycles. The highest BCUT2D eigenvalue weighted by molar-refractivity contribution is 5.84. The summed E-state index contributed by atoms with van der Waals surface area (Å²) in [6.45, 7) is 1.77. The summed E-state index contributed by atoms with van der Waals surface area (Å²) in [6.07, 6.45) is 3.11. The molecule has 0 bridgehead atoms. The van der Waals surface area contributed by atoms with Crippen molar-refractivity contribution in [2.24, 2.45) is 7.05 Å². The van der Waals surface area contributed by atoms with Crippen molar-refractivity contribution in [1.82, 2.24) is 19.6 Å². The quantitative estimate of drug-likeness (QED) is 0.788. The number of carboxylic acids is 1. The molecule has 0 aromatic carbocycles. The van der Waals surface area contributed by atoms with Gasteiger partial charge in [-0.1, -0.05) is 0 Å². The minimum atomic E-state index is -1.34. The molecule has 0 unspecified atom stereocenters. The van der Waals surface area contributed by atoms with Crippen LogP contribution in [0.2, 0.25) is 0 Å². The number of rotatable bonds is 2. The van der Waals surface area contributed by atoms with Gasteiger partial charge < -0.3 is 5.11 Å². The number of carbonyl (C=O) groups is 1. The van der Waals surface area contributed by atoms with E-state index in [9.17, 15) is 9.59 Å². The minimum absolute atomic E-state index is 0.504. The normalized spacial score (nSPS) is 10.5. The second kappa shape index (κ2) is 3.85. The van der Waals surface area contributed by atoms with Crippen molar-refractivity contribution in [3.05, 3.63) is 40.1 Å². The Kier molecular flexibility index (Phi) is 2.51. The van der Waals surface area contributed by atoms with Crippen LogP contribution >= 0.6 is 0 Å². The largest absolute Gasteiger partial charge is 0.476 e. The first-order valence-electron chi connectivity index (χ1n) is 4.83. The fourth-order valence-electron chi connectivity index (χ4n) is 1.50. The summed E-state index contributed by atoms with van der Waals surface area (Å²) in [7, 11) is 1.75. The molecule has 17 heavy (non-hydrogen) atoms. The van der Waals surface area contributed by atoms with Crippen LogP contribution in [0.1, 0.15) is 16.2 Å². The Morgan fingerprint density at radius 3 is 2.65 bits per heavy atom. The minimum Gasteiger partial charge on any atom is -0.476 e. The molecule has 7 heteroatoms. The summed E-state index contributed by atoms with van der Waals surface area (Å²) < 4.78 is 2.91. The summed E-state index contributed by atoms with van der Waals surface area (Å²) in [5.41, 5.74) is 0.209. The van der Waals surface area contributed by atoms with Crippen LogP contribution < -0.4 is 5.43 Å². The summed E-state index contributed by atoms with van der Waals surface area (Å²) in [4.78, 5) is 22.1. The van der Waals surface area contributed by atoms with Gasteiger partial charge in [-0.2, -0.15) is 10.2 Å². The van der Waals surface area contributed by atoms with Gasteiger partial charge in [0.2, 0.25) is 11.1 Å². The van der Waals surface area contributed by atoms with Gasteiger partial charge in [-0.25, -0.2) is 9.48 Å². The topological polar surface area (TPSA) is 90.0 Å². The number of aryl methyl sites for hydroxylation is 2. The van der Waals surface area contributed by atoms with Crippen LogP contribution in [-0.2, 0) is 7.05 Å². The van der Waals surface area contributed by atoms with Gasteiger partial charge in [-0.15, -0.1) is 0 Å². The SMILES string of the molecule is Cc1nn(C)cc1-n1ccc(=O)c(C(=O)O)n1. The Bertz CT molecular complexity index is 641. The van der Waals surface area contributed by atoms with Crippen LogP contribution in [0.3, 0.4) is 0 Å². The zero-order chi connectivity index (χ0) is 12.6. The zero-order valence-electron chi connectivity index (χ0n) is 9.28. The molecule has 0 atom stereocenters. The maximum atomic E-state index is 11.3. The standard InChI is InChI=1S/C10H10N4O3/c1-6-7(5-13(2)11-6)14-4-3-8(15)9(12-14)10(16)17/h3-5H,1-2H3,(H,16,17). The predicted molar refractivity (Wildman–Crippen MR) is 58.3 cm³/mol. The molecule has 88 valence electrons. The van der Waals surface area contributed by atoms with E-state index in [0.29, 0.717) is 11.4 Å². The fourth-order valence-corrected chi connectivity index (χ4v) is 1.50. The van der Waals surface area contributed by atoms with E-state index in [1.54, 1.807) is 24.9 Å². The summed E-state index contributed by atoms with van der Waals surface area (Å²) in [5, 5.41) is 16.7. The molecule has 0 radical (unpaired) electrons. The smallest absolute Gasteiger partial charge is 0.360 e. The number of carboxylic acid groups (broad SMARTS) is 1. The first-order chi connectivity index (χ1) is 7.99. The second-order valence-electron chi connectivity index (χ2n) is 3.55. The first-order valence-corrected chi connectivity index (χ1v) is 4.83. The number of hydrogen-bond donors (Lipinski definition) is 1. The van der Waals surface area contributed by atoms with E-state index in [0.717, 1.165) is 0 Å². The average Bonchev–Trinajstić information content (AvgIpc) is 2.58. The third-order valence-electron chi connectivity index (χ3n) is 2.25. The van der Waals surface area contributed by atoms with E-state index in [-0.39, 0.29) is 0 Å². The van der Waals surface area contributed by atoms with Crippen LogP contribution in [0, 0.1) is 6.92 Å². The van der Waals surface area contributed by atoms with E-state index in [2.05, 4.69) is 10.2 Å². The van der Waals surface area contributed by atoms with E-state index in [1.165, 1.54) is 16.9 Å². The monoisotopic (exact) mass is 234 g/mol. The molecule has 0 aliphatic heterocycles. The molecule has 2 aromatic heterocycles. The maximum absolute atomic E-state index is 11.3. The Balaban J connectivity index is 2.61. The molecular formula is C10H10N4O3. The third kappa shape index (κ3) is 1.94. The van der Waals surface area contributed by atoms with E-state index in [1.807, 2.05) is 0 Å². The lowest BCUT2D eigenvalue weighted by molar-refractivity contribution is 0.0687. The van der Waals surface area contributed by atoms with Crippen LogP contribution in [0.25, 0.3) is 5.69 Å². The van der Waals surface area contributed by atoms with Gasteiger partial charge in [0.05, 0.1) is 11.9 Å². The molecule has 2 rings (SSSR count). The van der Waals surface area contributed by atoms with E-state index < -0.39 is 17.1 Å². The molecule has 2 aromatic rings. The molecule has 7 nitrogen and oxygen atoms in total. The fraction of sp³-hybridized carbons (Fsp3) is 0.200. The van der Waals surface area contributed by atoms with Crippen LogP contribution in [-0.4, -0.2) is 30.6 Å². The third-order valence-corrected chi connectivity index (χ3v) is 2.25. The predicted octanol–water partition coefficient (Wildman–Crippen LogP) is -0.0274. The summed E-state index contributed by atoms with van der Waals surface area (Å²) in [5.74, 6) is -1.34. The Labute approximate surface area is 95.9 Å². The Hall–Kier alpha value is -2.44. The number of nitrogens with zero attached hydrogens (tertiary/aromatic N) is 4. The van der Waals surface area contributed by atoms with E-state index in [4.69, 9.17) is 5.11 Å². The lowest BCUT2D eigenvalue weighted by atomic mass is 10.3. The molecule has 0 aliphatic rings. The molecule has 0 spiro atoms. The van der Waals surface area contributed by atoms with Gasteiger partial charge in [0.1, 0.15) is 5.69 Å². The van der Waals surface area contributed by atoms with Crippen LogP contribution in [0.15, 0.2) is 23.3 Å². The van der Waals surface area contributed by atoms with Gasteiger partial charge in [-0.05, 0) is 6.92 Å².